The highest BCUT2D eigenvalue weighted by atomic mass is 32.1. The van der Waals surface area contributed by atoms with Crippen LogP contribution in [-0.2, 0) is 6.54 Å². The van der Waals surface area contributed by atoms with Crippen LogP contribution in [0.5, 0.6) is 0 Å². The number of nitrogens with zero attached hydrogens (tertiary/aromatic N) is 2. The molecule has 0 unspecified atom stereocenters. The Morgan fingerprint density at radius 3 is 3.19 bits per heavy atom. The van der Waals surface area contributed by atoms with E-state index in [0.717, 1.165) is 37.6 Å². The average molecular weight is 240 g/mol. The molecule has 1 saturated heterocycles. The monoisotopic (exact) mass is 240 g/mol. The molecule has 0 radical (unpaired) electrons. The first-order valence-corrected chi connectivity index (χ1v) is 6.33. The van der Waals surface area contributed by atoms with Gasteiger partial charge in [-0.05, 0) is 13.0 Å². The van der Waals surface area contributed by atoms with E-state index in [-0.39, 0.29) is 5.91 Å². The predicted molar refractivity (Wildman–Crippen MR) is 63.4 cm³/mol. The van der Waals surface area contributed by atoms with Gasteiger partial charge in [0.1, 0.15) is 10.7 Å². The van der Waals surface area contributed by atoms with Gasteiger partial charge in [0.25, 0.3) is 5.91 Å². The average Bonchev–Trinajstić information content (AvgIpc) is 2.62. The third-order valence-electron chi connectivity index (χ3n) is 2.57. The normalized spacial score (nSPS) is 17.2. The van der Waals surface area contributed by atoms with E-state index in [9.17, 15) is 4.79 Å². The number of aromatic nitrogens is 1. The molecule has 1 aromatic rings. The number of nitrogens with two attached hydrogens (primary N) is 1. The Hall–Kier alpha value is -0.980. The summed E-state index contributed by atoms with van der Waals surface area (Å²) in [5, 5.41) is 5.88. The minimum Gasteiger partial charge on any atom is -0.336 e. The van der Waals surface area contributed by atoms with Crippen LogP contribution in [0.3, 0.4) is 0 Å². The topological polar surface area (TPSA) is 71.2 Å². The Balaban J connectivity index is 2.05. The second-order valence-corrected chi connectivity index (χ2v) is 4.67. The summed E-state index contributed by atoms with van der Waals surface area (Å²) in [7, 11) is 0. The van der Waals surface area contributed by atoms with Gasteiger partial charge >= 0.3 is 0 Å². The van der Waals surface area contributed by atoms with Gasteiger partial charge in [-0.2, -0.15) is 0 Å². The first-order valence-electron chi connectivity index (χ1n) is 5.45. The molecule has 88 valence electrons. The van der Waals surface area contributed by atoms with E-state index in [2.05, 4.69) is 10.3 Å². The molecule has 0 aliphatic carbocycles. The number of amides is 1. The SMILES string of the molecule is NCc1nc(C(=O)N2CCCNCC2)cs1. The Labute approximate surface area is 98.7 Å². The summed E-state index contributed by atoms with van der Waals surface area (Å²) in [5.41, 5.74) is 6.01. The maximum absolute atomic E-state index is 12.1. The summed E-state index contributed by atoms with van der Waals surface area (Å²) in [6.07, 6.45) is 1.000. The van der Waals surface area contributed by atoms with Gasteiger partial charge in [-0.1, -0.05) is 0 Å². The number of carbonyl (C=O) groups is 1. The predicted octanol–water partition coefficient (Wildman–Crippen LogP) is 0.0373. The fourth-order valence-corrected chi connectivity index (χ4v) is 2.36. The van der Waals surface area contributed by atoms with Gasteiger partial charge in [0.15, 0.2) is 0 Å². The maximum atomic E-state index is 12.1. The zero-order valence-electron chi connectivity index (χ0n) is 9.11. The van der Waals surface area contributed by atoms with Gasteiger partial charge in [-0.15, -0.1) is 11.3 Å². The van der Waals surface area contributed by atoms with Crippen LogP contribution >= 0.6 is 11.3 Å². The van der Waals surface area contributed by atoms with Crippen LogP contribution in [0.15, 0.2) is 5.38 Å². The lowest BCUT2D eigenvalue weighted by Crippen LogP contribution is -2.34. The second-order valence-electron chi connectivity index (χ2n) is 3.73. The molecule has 1 aliphatic rings. The van der Waals surface area contributed by atoms with Crippen LogP contribution in [-0.4, -0.2) is 42.0 Å². The Kier molecular flexibility index (Phi) is 3.87. The van der Waals surface area contributed by atoms with Crippen molar-refractivity contribution in [2.75, 3.05) is 26.2 Å². The van der Waals surface area contributed by atoms with Crippen molar-refractivity contribution in [3.8, 4) is 0 Å². The number of hydrogen-bond acceptors (Lipinski definition) is 5. The largest absolute Gasteiger partial charge is 0.336 e. The molecule has 5 nitrogen and oxygen atoms in total. The molecule has 2 rings (SSSR count). The van der Waals surface area contributed by atoms with E-state index in [0.29, 0.717) is 12.2 Å². The van der Waals surface area contributed by atoms with Crippen molar-refractivity contribution >= 4 is 17.2 Å². The Bertz CT molecular complexity index is 357. The van der Waals surface area contributed by atoms with Crippen molar-refractivity contribution in [3.05, 3.63) is 16.1 Å². The van der Waals surface area contributed by atoms with Crippen LogP contribution in [0, 0.1) is 0 Å². The minimum atomic E-state index is 0.0275. The van der Waals surface area contributed by atoms with E-state index in [1.165, 1.54) is 11.3 Å². The molecule has 0 aromatic carbocycles. The molecule has 6 heteroatoms. The van der Waals surface area contributed by atoms with Gasteiger partial charge in [0, 0.05) is 31.6 Å². The molecule has 0 atom stereocenters. The van der Waals surface area contributed by atoms with Gasteiger partial charge in [0.2, 0.25) is 0 Å². The van der Waals surface area contributed by atoms with Gasteiger partial charge in [-0.25, -0.2) is 4.98 Å². The number of nitrogens with one attached hydrogen (secondary N) is 1. The van der Waals surface area contributed by atoms with E-state index in [4.69, 9.17) is 5.73 Å². The first kappa shape index (κ1) is 11.5. The molecule has 2 heterocycles. The van der Waals surface area contributed by atoms with Gasteiger partial charge < -0.3 is 16.0 Å². The zero-order chi connectivity index (χ0) is 11.4. The van der Waals surface area contributed by atoms with Crippen LogP contribution < -0.4 is 11.1 Å². The standard InChI is InChI=1S/C10H16N4OS/c11-6-9-13-8(7-16-9)10(15)14-4-1-2-12-3-5-14/h7,12H,1-6,11H2. The zero-order valence-corrected chi connectivity index (χ0v) is 9.92. The quantitative estimate of drug-likeness (QED) is 0.765. The maximum Gasteiger partial charge on any atom is 0.273 e. The highest BCUT2D eigenvalue weighted by molar-refractivity contribution is 7.09. The van der Waals surface area contributed by atoms with E-state index in [1.54, 1.807) is 5.38 Å². The number of thiazole rings is 1. The Morgan fingerprint density at radius 2 is 2.44 bits per heavy atom. The van der Waals surface area contributed by atoms with Crippen molar-refractivity contribution in [2.24, 2.45) is 5.73 Å². The molecule has 1 aliphatic heterocycles. The van der Waals surface area contributed by atoms with Crippen LogP contribution in [0.2, 0.25) is 0 Å². The van der Waals surface area contributed by atoms with Crippen LogP contribution in [0.1, 0.15) is 21.9 Å². The lowest BCUT2D eigenvalue weighted by atomic mass is 10.3. The summed E-state index contributed by atoms with van der Waals surface area (Å²) in [5.74, 6) is 0.0275. The fraction of sp³-hybridized carbons (Fsp3) is 0.600. The van der Waals surface area contributed by atoms with Crippen molar-refractivity contribution in [1.82, 2.24) is 15.2 Å². The first-order chi connectivity index (χ1) is 7.81. The molecule has 0 spiro atoms. The van der Waals surface area contributed by atoms with E-state index >= 15 is 0 Å². The lowest BCUT2D eigenvalue weighted by Gasteiger charge is -2.18. The highest BCUT2D eigenvalue weighted by Gasteiger charge is 2.19. The summed E-state index contributed by atoms with van der Waals surface area (Å²) in [6.45, 7) is 3.81. The molecular formula is C10H16N4OS. The number of hydrogen-bond donors (Lipinski definition) is 2. The van der Waals surface area contributed by atoms with Crippen LogP contribution in [0.25, 0.3) is 0 Å². The second kappa shape index (κ2) is 5.38. The molecule has 1 amide bonds. The number of rotatable bonds is 2. The smallest absolute Gasteiger partial charge is 0.273 e. The third kappa shape index (κ3) is 2.58. The van der Waals surface area contributed by atoms with E-state index < -0.39 is 0 Å². The van der Waals surface area contributed by atoms with Crippen molar-refractivity contribution in [3.63, 3.8) is 0 Å². The molecule has 3 N–H and O–H groups in total. The summed E-state index contributed by atoms with van der Waals surface area (Å²) in [4.78, 5) is 18.2. The third-order valence-corrected chi connectivity index (χ3v) is 3.44. The minimum absolute atomic E-state index is 0.0275. The van der Waals surface area contributed by atoms with Crippen LogP contribution in [0.4, 0.5) is 0 Å². The Morgan fingerprint density at radius 1 is 1.56 bits per heavy atom. The molecule has 1 fully saturated rings. The highest BCUT2D eigenvalue weighted by Crippen LogP contribution is 2.11. The fourth-order valence-electron chi connectivity index (χ4n) is 1.71. The van der Waals surface area contributed by atoms with Gasteiger partial charge in [0.05, 0.1) is 0 Å². The number of carbonyl (C=O) groups excluding carboxylic acids is 1. The molecule has 1 aromatic heterocycles. The lowest BCUT2D eigenvalue weighted by molar-refractivity contribution is 0.0761. The van der Waals surface area contributed by atoms with Crippen molar-refractivity contribution in [1.29, 1.82) is 0 Å². The summed E-state index contributed by atoms with van der Waals surface area (Å²) >= 11 is 1.45. The molecule has 0 saturated carbocycles. The summed E-state index contributed by atoms with van der Waals surface area (Å²) in [6, 6.07) is 0. The van der Waals surface area contributed by atoms with Crippen molar-refractivity contribution in [2.45, 2.75) is 13.0 Å². The molecular weight excluding hydrogens is 224 g/mol. The van der Waals surface area contributed by atoms with Crippen molar-refractivity contribution < 1.29 is 4.79 Å². The van der Waals surface area contributed by atoms with E-state index in [1.807, 2.05) is 4.90 Å². The summed E-state index contributed by atoms with van der Waals surface area (Å²) < 4.78 is 0. The molecule has 16 heavy (non-hydrogen) atoms. The van der Waals surface area contributed by atoms with Gasteiger partial charge in [-0.3, -0.25) is 4.79 Å². The molecule has 0 bridgehead atoms.